The molecule has 3 rings (SSSR count). The fourth-order valence-corrected chi connectivity index (χ4v) is 4.30. The summed E-state index contributed by atoms with van der Waals surface area (Å²) in [5.41, 5.74) is 3.15. The van der Waals surface area contributed by atoms with Crippen molar-refractivity contribution in [3.05, 3.63) is 45.8 Å². The number of hydrogen-bond donors (Lipinski definition) is 2. The van der Waals surface area contributed by atoms with Gasteiger partial charge in [-0.1, -0.05) is 25.5 Å². The van der Waals surface area contributed by atoms with E-state index in [4.69, 9.17) is 4.42 Å². The highest BCUT2D eigenvalue weighted by atomic mass is 16.4. The van der Waals surface area contributed by atoms with Crippen molar-refractivity contribution >= 4 is 11.0 Å². The van der Waals surface area contributed by atoms with Gasteiger partial charge in [0.25, 0.3) is 0 Å². The summed E-state index contributed by atoms with van der Waals surface area (Å²) in [6.07, 6.45) is 7.63. The summed E-state index contributed by atoms with van der Waals surface area (Å²) in [7, 11) is 4.58. The predicted molar refractivity (Wildman–Crippen MR) is 101 cm³/mol. The first-order valence-corrected chi connectivity index (χ1v) is 9.72. The minimum absolute atomic E-state index is 0.241. The number of fused-ring (bicyclic) bond motifs is 1. The molecule has 136 valence electrons. The average molecular weight is 344 g/mol. The molecule has 1 aliphatic rings. The summed E-state index contributed by atoms with van der Waals surface area (Å²) in [5, 5.41) is 3.46. The molecule has 2 aromatic rings. The standard InChI is InChI=1S/C21H30N2O2/c1-4-16-8-9-18-17(13-20(24)25-19(18)12-16)14-22-15-21(23(2)3)10-6-5-7-11-21/h8-9,12-13,22H,4-7,10-11,14-15H2,1-3H3/p+2. The van der Waals surface area contributed by atoms with Gasteiger partial charge in [-0.3, -0.25) is 0 Å². The van der Waals surface area contributed by atoms with Gasteiger partial charge in [0.15, 0.2) is 0 Å². The van der Waals surface area contributed by atoms with Crippen molar-refractivity contribution in [3.63, 3.8) is 0 Å². The Labute approximate surface area is 150 Å². The second kappa shape index (κ2) is 7.71. The molecular weight excluding hydrogens is 312 g/mol. The number of likely N-dealkylation sites (N-methyl/N-ethyl adjacent to an activating group) is 1. The van der Waals surface area contributed by atoms with Gasteiger partial charge in [0.05, 0.1) is 14.1 Å². The highest BCUT2D eigenvalue weighted by Gasteiger charge is 2.39. The van der Waals surface area contributed by atoms with Crippen LogP contribution in [0.5, 0.6) is 0 Å². The van der Waals surface area contributed by atoms with Crippen LogP contribution in [0, 0.1) is 0 Å². The monoisotopic (exact) mass is 344 g/mol. The van der Waals surface area contributed by atoms with Crippen LogP contribution in [0.25, 0.3) is 11.0 Å². The second-order valence-electron chi connectivity index (χ2n) is 7.81. The van der Waals surface area contributed by atoms with E-state index in [9.17, 15) is 4.79 Å². The third kappa shape index (κ3) is 3.96. The van der Waals surface area contributed by atoms with Crippen molar-refractivity contribution in [3.8, 4) is 0 Å². The molecule has 1 heterocycles. The minimum atomic E-state index is -0.241. The van der Waals surface area contributed by atoms with Crippen LogP contribution in [-0.2, 0) is 13.0 Å². The summed E-state index contributed by atoms with van der Waals surface area (Å²) in [5.74, 6) is 0. The molecule has 1 aromatic carbocycles. The molecule has 0 unspecified atom stereocenters. The SMILES string of the molecule is CCc1ccc2c(C[NH2+]CC3([NH+](C)C)CCCCC3)cc(=O)oc2c1. The topological polar surface area (TPSA) is 51.3 Å². The van der Waals surface area contributed by atoms with E-state index in [0.29, 0.717) is 5.54 Å². The van der Waals surface area contributed by atoms with Crippen LogP contribution in [0.15, 0.2) is 33.5 Å². The lowest BCUT2D eigenvalue weighted by atomic mass is 9.80. The minimum Gasteiger partial charge on any atom is -0.423 e. The Bertz CT molecular complexity index is 773. The quantitative estimate of drug-likeness (QED) is 0.776. The lowest BCUT2D eigenvalue weighted by Gasteiger charge is -2.38. The third-order valence-corrected chi connectivity index (χ3v) is 6.07. The molecule has 4 heteroatoms. The first-order chi connectivity index (χ1) is 12.0. The van der Waals surface area contributed by atoms with Gasteiger partial charge in [0.2, 0.25) is 0 Å². The average Bonchev–Trinajstić information content (AvgIpc) is 2.61. The van der Waals surface area contributed by atoms with E-state index in [1.807, 2.05) is 6.07 Å². The zero-order valence-electron chi connectivity index (χ0n) is 15.9. The van der Waals surface area contributed by atoms with Crippen molar-refractivity contribution in [1.82, 2.24) is 0 Å². The molecule has 0 saturated heterocycles. The number of nitrogens with one attached hydrogen (secondary N) is 1. The summed E-state index contributed by atoms with van der Waals surface area (Å²) in [6, 6.07) is 7.92. The smallest absolute Gasteiger partial charge is 0.336 e. The largest absolute Gasteiger partial charge is 0.423 e. The third-order valence-electron chi connectivity index (χ3n) is 6.07. The van der Waals surface area contributed by atoms with Gasteiger partial charge < -0.3 is 14.6 Å². The highest BCUT2D eigenvalue weighted by Crippen LogP contribution is 2.24. The normalized spacial score (nSPS) is 17.3. The molecule has 1 fully saturated rings. The number of quaternary nitrogens is 2. The molecule has 3 N–H and O–H groups in total. The van der Waals surface area contributed by atoms with Crippen LogP contribution in [0.4, 0.5) is 0 Å². The maximum atomic E-state index is 12.0. The fourth-order valence-electron chi connectivity index (χ4n) is 4.30. The van der Waals surface area contributed by atoms with Gasteiger partial charge in [-0.25, -0.2) is 4.79 Å². The summed E-state index contributed by atoms with van der Waals surface area (Å²) < 4.78 is 5.43. The van der Waals surface area contributed by atoms with E-state index in [0.717, 1.165) is 36.0 Å². The number of hydrogen-bond acceptors (Lipinski definition) is 2. The molecule has 0 amide bonds. The first-order valence-electron chi connectivity index (χ1n) is 9.72. The van der Waals surface area contributed by atoms with Crippen molar-refractivity contribution in [2.75, 3.05) is 20.6 Å². The molecule has 1 aliphatic carbocycles. The van der Waals surface area contributed by atoms with Crippen molar-refractivity contribution in [2.24, 2.45) is 0 Å². The molecule has 0 aliphatic heterocycles. The van der Waals surface area contributed by atoms with Crippen molar-refractivity contribution in [1.29, 1.82) is 0 Å². The molecule has 0 spiro atoms. The molecule has 0 radical (unpaired) electrons. The van der Waals surface area contributed by atoms with Crippen LogP contribution < -0.4 is 15.8 Å². The van der Waals surface area contributed by atoms with E-state index >= 15 is 0 Å². The Balaban J connectivity index is 1.77. The van der Waals surface area contributed by atoms with Crippen LogP contribution in [0.2, 0.25) is 0 Å². The molecule has 0 bridgehead atoms. The van der Waals surface area contributed by atoms with Crippen LogP contribution in [-0.4, -0.2) is 26.2 Å². The Morgan fingerprint density at radius 3 is 2.60 bits per heavy atom. The molecular formula is C21H32N2O2+2. The zero-order chi connectivity index (χ0) is 17.9. The summed E-state index contributed by atoms with van der Waals surface area (Å²) >= 11 is 0. The molecule has 4 nitrogen and oxygen atoms in total. The zero-order valence-corrected chi connectivity index (χ0v) is 15.9. The van der Waals surface area contributed by atoms with Gasteiger partial charge in [-0.2, -0.15) is 0 Å². The number of benzene rings is 1. The fraction of sp³-hybridized carbons (Fsp3) is 0.571. The first kappa shape index (κ1) is 18.2. The molecule has 0 atom stereocenters. The van der Waals surface area contributed by atoms with Gasteiger partial charge in [0, 0.05) is 29.9 Å². The lowest BCUT2D eigenvalue weighted by molar-refractivity contribution is -0.935. The van der Waals surface area contributed by atoms with Gasteiger partial charge >= 0.3 is 5.63 Å². The Morgan fingerprint density at radius 1 is 1.16 bits per heavy atom. The van der Waals surface area contributed by atoms with E-state index in [2.05, 4.69) is 38.5 Å². The van der Waals surface area contributed by atoms with Gasteiger partial charge in [-0.05, 0) is 30.9 Å². The number of nitrogens with two attached hydrogens (primary N) is 1. The number of aryl methyl sites for hydroxylation is 1. The van der Waals surface area contributed by atoms with E-state index < -0.39 is 0 Å². The summed E-state index contributed by atoms with van der Waals surface area (Å²) in [4.78, 5) is 13.5. The maximum absolute atomic E-state index is 12.0. The maximum Gasteiger partial charge on any atom is 0.336 e. The van der Waals surface area contributed by atoms with E-state index in [1.165, 1.54) is 37.7 Å². The van der Waals surface area contributed by atoms with Crippen LogP contribution in [0.3, 0.4) is 0 Å². The van der Waals surface area contributed by atoms with Crippen LogP contribution in [0.1, 0.15) is 50.2 Å². The van der Waals surface area contributed by atoms with Crippen LogP contribution >= 0.6 is 0 Å². The molecule has 25 heavy (non-hydrogen) atoms. The number of rotatable bonds is 6. The highest BCUT2D eigenvalue weighted by molar-refractivity contribution is 5.80. The summed E-state index contributed by atoms with van der Waals surface area (Å²) in [6.45, 7) is 4.07. The molecule has 1 aromatic heterocycles. The van der Waals surface area contributed by atoms with Crippen molar-refractivity contribution in [2.45, 2.75) is 57.5 Å². The van der Waals surface area contributed by atoms with Gasteiger partial charge in [0.1, 0.15) is 24.2 Å². The Kier molecular flexibility index (Phi) is 5.60. The van der Waals surface area contributed by atoms with E-state index in [1.54, 1.807) is 11.0 Å². The van der Waals surface area contributed by atoms with Crippen molar-refractivity contribution < 1.29 is 14.6 Å². The Hall–Kier alpha value is -1.65. The second-order valence-corrected chi connectivity index (χ2v) is 7.81. The Morgan fingerprint density at radius 2 is 1.92 bits per heavy atom. The predicted octanol–water partition coefficient (Wildman–Crippen LogP) is 1.27. The van der Waals surface area contributed by atoms with E-state index in [-0.39, 0.29) is 5.63 Å². The molecule has 1 saturated carbocycles. The lowest BCUT2D eigenvalue weighted by Crippen LogP contribution is -3.19. The van der Waals surface area contributed by atoms with Gasteiger partial charge in [-0.15, -0.1) is 0 Å².